The lowest BCUT2D eigenvalue weighted by molar-refractivity contribution is -0.150. The number of fused-ring (bicyclic) bond motifs is 3. The number of methoxy groups -OCH3 is 2. The minimum Gasteiger partial charge on any atom is -0.508 e. The predicted molar refractivity (Wildman–Crippen MR) is 182 cm³/mol. The van der Waals surface area contributed by atoms with E-state index in [4.69, 9.17) is 28.4 Å². The lowest BCUT2D eigenvalue weighted by Gasteiger charge is -2.35. The van der Waals surface area contributed by atoms with Crippen molar-refractivity contribution >= 4 is 22.5 Å². The molecule has 2 unspecified atom stereocenters. The van der Waals surface area contributed by atoms with Gasteiger partial charge in [-0.25, -0.2) is 0 Å². The highest BCUT2D eigenvalue weighted by Crippen LogP contribution is 2.46. The molecule has 51 heavy (non-hydrogen) atoms. The first-order valence-corrected chi connectivity index (χ1v) is 16.1. The van der Waals surface area contributed by atoms with Crippen LogP contribution < -0.4 is 23.7 Å². The molecular formula is C39H34O12. The summed E-state index contributed by atoms with van der Waals surface area (Å²) < 4.78 is 35.1. The number of hydrogen-bond donors (Lipinski definition) is 4. The Balaban J connectivity index is 1.15. The second-order valence-corrected chi connectivity index (χ2v) is 12.3. The van der Waals surface area contributed by atoms with Crippen LogP contribution in [-0.2, 0) is 9.53 Å². The minimum absolute atomic E-state index is 0.0863. The number of ether oxygens (including phenoxy) is 6. The molecule has 0 aromatic heterocycles. The van der Waals surface area contributed by atoms with Gasteiger partial charge in [-0.15, -0.1) is 0 Å². The zero-order chi connectivity index (χ0) is 36.0. The van der Waals surface area contributed by atoms with Crippen LogP contribution in [0.15, 0.2) is 84.9 Å². The summed E-state index contributed by atoms with van der Waals surface area (Å²) in [4.78, 5) is 26.4. The second kappa shape index (κ2) is 13.3. The zero-order valence-corrected chi connectivity index (χ0v) is 27.7. The first-order valence-electron chi connectivity index (χ1n) is 16.1. The lowest BCUT2D eigenvalue weighted by atomic mass is 9.92. The monoisotopic (exact) mass is 694 g/mol. The van der Waals surface area contributed by atoms with Crippen LogP contribution in [0.5, 0.6) is 46.0 Å². The molecule has 2 aliphatic heterocycles. The van der Waals surface area contributed by atoms with E-state index >= 15 is 0 Å². The average molecular weight is 695 g/mol. The van der Waals surface area contributed by atoms with E-state index in [9.17, 15) is 30.0 Å². The summed E-state index contributed by atoms with van der Waals surface area (Å²) in [6.45, 7) is 1.57. The number of esters is 1. The number of aliphatic hydroxyl groups is 1. The molecule has 0 bridgehead atoms. The Hall–Kier alpha value is -6.14. The fourth-order valence-corrected chi connectivity index (χ4v) is 6.33. The third-order valence-corrected chi connectivity index (χ3v) is 9.14. The molecule has 12 nitrogen and oxygen atoms in total. The van der Waals surface area contributed by atoms with Crippen molar-refractivity contribution in [2.75, 3.05) is 20.8 Å². The fourth-order valence-electron chi connectivity index (χ4n) is 6.33. The third kappa shape index (κ3) is 6.25. The zero-order valence-electron chi connectivity index (χ0n) is 27.7. The second-order valence-electron chi connectivity index (χ2n) is 12.3. The van der Waals surface area contributed by atoms with Gasteiger partial charge in [0.25, 0.3) is 0 Å². The van der Waals surface area contributed by atoms with E-state index in [1.165, 1.54) is 19.2 Å². The van der Waals surface area contributed by atoms with Crippen molar-refractivity contribution in [2.24, 2.45) is 0 Å². The molecular weight excluding hydrogens is 660 g/mol. The fraction of sp³-hybridized carbons (Fsp3) is 0.231. The van der Waals surface area contributed by atoms with Crippen molar-refractivity contribution in [2.45, 2.75) is 37.3 Å². The van der Waals surface area contributed by atoms with Crippen molar-refractivity contribution in [3.05, 3.63) is 107 Å². The van der Waals surface area contributed by atoms with Gasteiger partial charge >= 0.3 is 5.97 Å². The van der Waals surface area contributed by atoms with Crippen LogP contribution in [0.1, 0.15) is 52.1 Å². The molecule has 0 aliphatic carbocycles. The summed E-state index contributed by atoms with van der Waals surface area (Å²) in [5.41, 5.74) is 1.43. The van der Waals surface area contributed by atoms with E-state index in [0.29, 0.717) is 16.9 Å². The van der Waals surface area contributed by atoms with E-state index < -0.39 is 47.8 Å². The Labute approximate surface area is 291 Å². The Kier molecular flexibility index (Phi) is 8.69. The molecule has 5 aromatic rings. The van der Waals surface area contributed by atoms with Crippen molar-refractivity contribution < 1.29 is 58.4 Å². The highest BCUT2D eigenvalue weighted by atomic mass is 16.6. The number of carbonyl (C=O) groups is 2. The van der Waals surface area contributed by atoms with Crippen LogP contribution in [0.25, 0.3) is 10.8 Å². The van der Waals surface area contributed by atoms with E-state index in [1.54, 1.807) is 44.4 Å². The third-order valence-electron chi connectivity index (χ3n) is 9.14. The number of Topliss-reactive ketones (excluding diaryl/α,β-unsaturated/α-hetero) is 1. The number of aromatic hydroxyl groups is 3. The molecule has 0 amide bonds. The maximum atomic E-state index is 13.4. The lowest BCUT2D eigenvalue weighted by Crippen LogP contribution is -2.38. The van der Waals surface area contributed by atoms with Crippen molar-refractivity contribution in [1.29, 1.82) is 0 Å². The summed E-state index contributed by atoms with van der Waals surface area (Å²) >= 11 is 0. The number of rotatable bonds is 8. The molecule has 2 aliphatic rings. The Morgan fingerprint density at radius 3 is 2.25 bits per heavy atom. The van der Waals surface area contributed by atoms with Gasteiger partial charge in [-0.2, -0.15) is 0 Å². The number of aliphatic hydroxyl groups excluding tert-OH is 1. The smallest absolute Gasteiger partial charge is 0.313 e. The quantitative estimate of drug-likeness (QED) is 0.143. The van der Waals surface area contributed by atoms with Gasteiger partial charge in [-0.1, -0.05) is 36.4 Å². The summed E-state index contributed by atoms with van der Waals surface area (Å²) in [5.74, 6) is -1.38. The Morgan fingerprint density at radius 2 is 1.47 bits per heavy atom. The van der Waals surface area contributed by atoms with E-state index in [-0.39, 0.29) is 40.9 Å². The number of hydrogen-bond acceptors (Lipinski definition) is 12. The summed E-state index contributed by atoms with van der Waals surface area (Å²) in [6.07, 6.45) is -4.58. The molecule has 12 heteroatoms. The van der Waals surface area contributed by atoms with Gasteiger partial charge in [0, 0.05) is 17.7 Å². The highest BCUT2D eigenvalue weighted by molar-refractivity contribution is 6.05. The number of ketones is 1. The largest absolute Gasteiger partial charge is 0.508 e. The van der Waals surface area contributed by atoms with Gasteiger partial charge in [0.1, 0.15) is 35.2 Å². The Bertz CT molecular complexity index is 2160. The topological polar surface area (TPSA) is 170 Å². The molecule has 0 radical (unpaired) electrons. The average Bonchev–Trinajstić information content (AvgIpc) is 3.13. The SMILES string of the molecule is COc1ccc2cc(C(C)C(=O)OC[C@@H]3Oc4ccc(C5Oc6cc(O)cc(O)c6C(=O)[C@H]5O)cc4O[C@H]3c3ccc(O)c(OC)c3)ccc2c1. The van der Waals surface area contributed by atoms with Crippen molar-refractivity contribution in [3.63, 3.8) is 0 Å². The van der Waals surface area contributed by atoms with E-state index in [0.717, 1.165) is 28.2 Å². The number of phenols is 3. The molecule has 4 N–H and O–H groups in total. The molecule has 5 aromatic carbocycles. The first-order chi connectivity index (χ1) is 24.5. The maximum Gasteiger partial charge on any atom is 0.313 e. The van der Waals surface area contributed by atoms with Crippen LogP contribution in [0.4, 0.5) is 0 Å². The molecule has 7 rings (SSSR count). The first kappa shape index (κ1) is 33.4. The van der Waals surface area contributed by atoms with Crippen molar-refractivity contribution in [3.8, 4) is 46.0 Å². The van der Waals surface area contributed by atoms with Crippen LogP contribution in [-0.4, -0.2) is 65.2 Å². The Morgan fingerprint density at radius 1 is 0.745 bits per heavy atom. The highest BCUT2D eigenvalue weighted by Gasteiger charge is 2.41. The van der Waals surface area contributed by atoms with E-state index in [1.807, 2.05) is 36.4 Å². The minimum atomic E-state index is -1.67. The van der Waals surface area contributed by atoms with Gasteiger partial charge in [0.15, 0.2) is 47.4 Å². The molecule has 0 saturated carbocycles. The molecule has 5 atom stereocenters. The standard InChI is InChI=1S/C39H34O12/c1-19(20-4-5-22-13-26(46-2)9-6-21(22)12-20)39(45)48-18-33-37(23-7-10-27(41)30(14-23)47-3)50-31-15-24(8-11-29(31)49-33)38-36(44)35(43)34-28(42)16-25(40)17-32(34)51-38/h4-17,19,33,36-38,40-42,44H,18H2,1-3H3/t19?,33-,36+,37-,38?/m0/s1. The summed E-state index contributed by atoms with van der Waals surface area (Å²) in [7, 11) is 3.02. The number of benzene rings is 5. The maximum absolute atomic E-state index is 13.4. The van der Waals surface area contributed by atoms with Crippen molar-refractivity contribution in [1.82, 2.24) is 0 Å². The molecule has 0 saturated heterocycles. The van der Waals surface area contributed by atoms with Crippen LogP contribution in [0, 0.1) is 0 Å². The van der Waals surface area contributed by atoms with Gasteiger partial charge in [0.05, 0.1) is 20.1 Å². The van der Waals surface area contributed by atoms with Crippen LogP contribution in [0.2, 0.25) is 0 Å². The molecule has 0 fully saturated rings. The predicted octanol–water partition coefficient (Wildman–Crippen LogP) is 5.88. The molecule has 262 valence electrons. The molecule has 2 heterocycles. The molecule has 0 spiro atoms. The van der Waals surface area contributed by atoms with Gasteiger partial charge < -0.3 is 48.8 Å². The normalized spacial score (nSPS) is 19.8. The van der Waals surface area contributed by atoms with Gasteiger partial charge in [-0.3, -0.25) is 9.59 Å². The van der Waals surface area contributed by atoms with Gasteiger partial charge in [-0.05, 0) is 65.2 Å². The van der Waals surface area contributed by atoms with Crippen LogP contribution in [0.3, 0.4) is 0 Å². The summed E-state index contributed by atoms with van der Waals surface area (Å²) in [6, 6.07) is 23.0. The number of carbonyl (C=O) groups excluding carboxylic acids is 2. The van der Waals surface area contributed by atoms with Crippen LogP contribution >= 0.6 is 0 Å². The van der Waals surface area contributed by atoms with E-state index in [2.05, 4.69) is 0 Å². The number of phenolic OH excluding ortho intramolecular Hbond substituents is 3. The van der Waals surface area contributed by atoms with Gasteiger partial charge in [0.2, 0.25) is 5.78 Å². The summed E-state index contributed by atoms with van der Waals surface area (Å²) in [5, 5.41) is 43.3.